The minimum absolute atomic E-state index is 0.0582. The fourth-order valence-corrected chi connectivity index (χ4v) is 3.60. The van der Waals surface area contributed by atoms with Gasteiger partial charge in [-0.05, 0) is 25.0 Å². The number of benzene rings is 1. The van der Waals surface area contributed by atoms with Crippen LogP contribution in [0.3, 0.4) is 0 Å². The van der Waals surface area contributed by atoms with Crippen LogP contribution in [0.15, 0.2) is 24.3 Å². The Hall–Kier alpha value is -2.61. The van der Waals surface area contributed by atoms with Crippen molar-refractivity contribution in [2.45, 2.75) is 19.8 Å². The van der Waals surface area contributed by atoms with Gasteiger partial charge in [-0.3, -0.25) is 14.4 Å². The lowest BCUT2D eigenvalue weighted by Crippen LogP contribution is -2.55. The van der Waals surface area contributed by atoms with Gasteiger partial charge in [0.15, 0.2) is 0 Å². The lowest BCUT2D eigenvalue weighted by molar-refractivity contribution is -0.155. The van der Waals surface area contributed by atoms with Crippen molar-refractivity contribution in [1.29, 1.82) is 0 Å². The monoisotopic (exact) mass is 403 g/mol. The Morgan fingerprint density at radius 1 is 0.897 bits per heavy atom. The summed E-state index contributed by atoms with van der Waals surface area (Å²) in [6.45, 7) is 6.03. The van der Waals surface area contributed by atoms with Gasteiger partial charge in [-0.25, -0.2) is 0 Å². The molecule has 0 bridgehead atoms. The van der Waals surface area contributed by atoms with Crippen LogP contribution in [0.1, 0.15) is 18.9 Å². The molecule has 158 valence electrons. The fraction of sp³-hybridized carbons (Fsp3) is 0.571. The minimum Gasteiger partial charge on any atom is -0.494 e. The molecule has 3 rings (SSSR count). The zero-order chi connectivity index (χ0) is 20.6. The molecule has 3 amide bonds. The summed E-state index contributed by atoms with van der Waals surface area (Å²) < 4.78 is 10.8. The molecule has 1 aromatic rings. The van der Waals surface area contributed by atoms with Gasteiger partial charge in [0.05, 0.1) is 19.8 Å². The predicted molar refractivity (Wildman–Crippen MR) is 106 cm³/mol. The first-order chi connectivity index (χ1) is 14.1. The highest BCUT2D eigenvalue weighted by Crippen LogP contribution is 2.20. The van der Waals surface area contributed by atoms with Gasteiger partial charge in [0, 0.05) is 45.7 Å². The number of rotatable bonds is 5. The summed E-state index contributed by atoms with van der Waals surface area (Å²) in [6.07, 6.45) is 1.01. The maximum atomic E-state index is 12.6. The summed E-state index contributed by atoms with van der Waals surface area (Å²) in [6, 6.07) is 7.76. The average Bonchev–Trinajstić information content (AvgIpc) is 2.78. The zero-order valence-corrected chi connectivity index (χ0v) is 17.0. The van der Waals surface area contributed by atoms with Crippen LogP contribution in [0.4, 0.5) is 0 Å². The highest BCUT2D eigenvalue weighted by Gasteiger charge is 2.31. The van der Waals surface area contributed by atoms with Crippen LogP contribution in [-0.4, -0.2) is 91.5 Å². The summed E-state index contributed by atoms with van der Waals surface area (Å²) in [5.41, 5.74) is 1.02. The Morgan fingerprint density at radius 2 is 1.48 bits per heavy atom. The molecule has 0 aromatic heterocycles. The van der Waals surface area contributed by atoms with Gasteiger partial charge in [0.1, 0.15) is 5.75 Å². The van der Waals surface area contributed by atoms with Crippen molar-refractivity contribution in [3.63, 3.8) is 0 Å². The Morgan fingerprint density at radius 3 is 2.14 bits per heavy atom. The second-order valence-electron chi connectivity index (χ2n) is 7.12. The van der Waals surface area contributed by atoms with Crippen molar-refractivity contribution in [2.75, 3.05) is 59.1 Å². The van der Waals surface area contributed by atoms with Crippen molar-refractivity contribution in [3.05, 3.63) is 29.8 Å². The highest BCUT2D eigenvalue weighted by atomic mass is 16.5. The molecule has 29 heavy (non-hydrogen) atoms. The molecule has 0 unspecified atom stereocenters. The van der Waals surface area contributed by atoms with E-state index < -0.39 is 11.8 Å². The normalized spacial score (nSPS) is 17.2. The van der Waals surface area contributed by atoms with Crippen molar-refractivity contribution in [1.82, 2.24) is 14.7 Å². The molecule has 2 saturated heterocycles. The molecule has 2 aliphatic rings. The molecule has 0 N–H and O–H groups in total. The number of hydrogen-bond donors (Lipinski definition) is 0. The van der Waals surface area contributed by atoms with Crippen molar-refractivity contribution in [3.8, 4) is 5.75 Å². The van der Waals surface area contributed by atoms with E-state index in [-0.39, 0.29) is 5.91 Å². The van der Waals surface area contributed by atoms with Crippen molar-refractivity contribution in [2.24, 2.45) is 0 Å². The van der Waals surface area contributed by atoms with Crippen LogP contribution in [0, 0.1) is 0 Å². The molecule has 1 aromatic carbocycles. The first kappa shape index (κ1) is 21.1. The van der Waals surface area contributed by atoms with E-state index in [4.69, 9.17) is 9.47 Å². The van der Waals surface area contributed by atoms with E-state index in [1.165, 1.54) is 0 Å². The number of hydrogen-bond acceptors (Lipinski definition) is 5. The van der Waals surface area contributed by atoms with Gasteiger partial charge in [-0.2, -0.15) is 0 Å². The Bertz CT molecular complexity index is 725. The number of carbonyl (C=O) groups is 3. The Labute approximate surface area is 171 Å². The number of morpholine rings is 1. The second-order valence-corrected chi connectivity index (χ2v) is 7.12. The Balaban J connectivity index is 1.46. The molecule has 0 radical (unpaired) electrons. The summed E-state index contributed by atoms with van der Waals surface area (Å²) in [5, 5.41) is 0. The molecule has 2 fully saturated rings. The van der Waals surface area contributed by atoms with Gasteiger partial charge in [0.25, 0.3) is 0 Å². The molecule has 2 heterocycles. The summed E-state index contributed by atoms with van der Waals surface area (Å²) in [7, 11) is 0. The largest absolute Gasteiger partial charge is 0.494 e. The van der Waals surface area contributed by atoms with Crippen LogP contribution in [0.5, 0.6) is 5.75 Å². The highest BCUT2D eigenvalue weighted by molar-refractivity contribution is 6.34. The molecule has 0 spiro atoms. The fourth-order valence-electron chi connectivity index (χ4n) is 3.60. The average molecular weight is 403 g/mol. The van der Waals surface area contributed by atoms with Gasteiger partial charge in [-0.1, -0.05) is 18.2 Å². The summed E-state index contributed by atoms with van der Waals surface area (Å²) in [5.74, 6) is -0.0759. The van der Waals surface area contributed by atoms with E-state index in [0.29, 0.717) is 71.9 Å². The summed E-state index contributed by atoms with van der Waals surface area (Å²) in [4.78, 5) is 42.3. The van der Waals surface area contributed by atoms with Crippen molar-refractivity contribution < 1.29 is 23.9 Å². The third-order valence-corrected chi connectivity index (χ3v) is 5.28. The predicted octanol–water partition coefficient (Wildman–Crippen LogP) is 0.548. The maximum Gasteiger partial charge on any atom is 0.312 e. The van der Waals surface area contributed by atoms with Crippen LogP contribution in [0.2, 0.25) is 0 Å². The topological polar surface area (TPSA) is 79.4 Å². The zero-order valence-electron chi connectivity index (χ0n) is 17.0. The standard InChI is InChI=1S/C21H29N3O5/c1-2-29-18-6-4-3-5-17(18)7-8-19(25)22-9-11-23(12-10-22)20(26)21(27)24-13-15-28-16-14-24/h3-6H,2,7-16H2,1H3. The first-order valence-corrected chi connectivity index (χ1v) is 10.2. The molecule has 0 aliphatic carbocycles. The SMILES string of the molecule is CCOc1ccccc1CCC(=O)N1CCN(C(=O)C(=O)N2CCOCC2)CC1. The van der Waals surface area contributed by atoms with E-state index in [2.05, 4.69) is 0 Å². The van der Waals surface area contributed by atoms with Gasteiger partial charge in [0.2, 0.25) is 5.91 Å². The van der Waals surface area contributed by atoms with E-state index in [1.54, 1.807) is 14.7 Å². The third-order valence-electron chi connectivity index (χ3n) is 5.28. The summed E-state index contributed by atoms with van der Waals surface area (Å²) >= 11 is 0. The smallest absolute Gasteiger partial charge is 0.312 e. The van der Waals surface area contributed by atoms with Gasteiger partial charge < -0.3 is 24.2 Å². The molecule has 0 saturated carbocycles. The maximum absolute atomic E-state index is 12.6. The molecular formula is C21H29N3O5. The third kappa shape index (κ3) is 5.47. The number of amides is 3. The Kier molecular flexibility index (Phi) is 7.46. The lowest BCUT2D eigenvalue weighted by Gasteiger charge is -2.36. The van der Waals surface area contributed by atoms with E-state index >= 15 is 0 Å². The van der Waals surface area contributed by atoms with Crippen molar-refractivity contribution >= 4 is 17.7 Å². The molecular weight excluding hydrogens is 374 g/mol. The number of nitrogens with zero attached hydrogens (tertiary/aromatic N) is 3. The first-order valence-electron chi connectivity index (χ1n) is 10.2. The van der Waals surface area contributed by atoms with Crippen LogP contribution in [-0.2, 0) is 25.5 Å². The van der Waals surface area contributed by atoms with Crippen LogP contribution < -0.4 is 4.74 Å². The number of piperazine rings is 1. The quantitative estimate of drug-likeness (QED) is 0.671. The molecule has 8 nitrogen and oxygen atoms in total. The molecule has 2 aliphatic heterocycles. The van der Waals surface area contributed by atoms with Crippen LogP contribution >= 0.6 is 0 Å². The van der Waals surface area contributed by atoms with E-state index in [0.717, 1.165) is 11.3 Å². The van der Waals surface area contributed by atoms with Crippen LogP contribution in [0.25, 0.3) is 0 Å². The van der Waals surface area contributed by atoms with E-state index in [9.17, 15) is 14.4 Å². The molecule has 8 heteroatoms. The second kappa shape index (κ2) is 10.2. The number of para-hydroxylation sites is 1. The molecule has 0 atom stereocenters. The number of aryl methyl sites for hydroxylation is 1. The minimum atomic E-state index is -0.482. The number of ether oxygens (including phenoxy) is 2. The van der Waals surface area contributed by atoms with Gasteiger partial charge in [-0.15, -0.1) is 0 Å². The van der Waals surface area contributed by atoms with E-state index in [1.807, 2.05) is 31.2 Å². The lowest BCUT2D eigenvalue weighted by atomic mass is 10.1. The number of carbonyl (C=O) groups excluding carboxylic acids is 3. The van der Waals surface area contributed by atoms with Gasteiger partial charge >= 0.3 is 11.8 Å².